The smallest absolute Gasteiger partial charge is 0.259 e. The molecule has 3 aromatic rings. The Kier molecular flexibility index (Phi) is 6.76. The number of carbonyl (C=O) groups is 1. The summed E-state index contributed by atoms with van der Waals surface area (Å²) in [6.07, 6.45) is 4.00. The lowest BCUT2D eigenvalue weighted by atomic mass is 10.1. The zero-order valence-corrected chi connectivity index (χ0v) is 16.2. The van der Waals surface area contributed by atoms with Gasteiger partial charge in [-0.15, -0.1) is 0 Å². The number of nitrogens with one attached hydrogen (secondary N) is 1. The number of hydrogen-bond donors (Lipinski definition) is 1. The lowest BCUT2D eigenvalue weighted by Gasteiger charge is -2.22. The van der Waals surface area contributed by atoms with Crippen LogP contribution in [-0.2, 0) is 0 Å². The van der Waals surface area contributed by atoms with Crippen molar-refractivity contribution < 1.29 is 9.53 Å². The maximum Gasteiger partial charge on any atom is 0.259 e. The molecule has 0 saturated carbocycles. The summed E-state index contributed by atoms with van der Waals surface area (Å²) < 4.78 is 6.29. The molecule has 5 heteroatoms. The number of aromatic nitrogens is 1. The van der Waals surface area contributed by atoms with Crippen molar-refractivity contribution in [3.8, 4) is 5.75 Å². The molecule has 0 saturated heterocycles. The Morgan fingerprint density at radius 2 is 1.93 bits per heavy atom. The first-order valence-electron chi connectivity index (χ1n) is 9.33. The van der Waals surface area contributed by atoms with Crippen molar-refractivity contribution in [1.82, 2.24) is 10.3 Å². The van der Waals surface area contributed by atoms with E-state index in [-0.39, 0.29) is 12.0 Å². The quantitative estimate of drug-likeness (QED) is 0.644. The maximum atomic E-state index is 12.7. The van der Waals surface area contributed by atoms with E-state index in [9.17, 15) is 4.79 Å². The molecule has 0 bridgehead atoms. The number of benzene rings is 2. The molecule has 1 amide bonds. The summed E-state index contributed by atoms with van der Waals surface area (Å²) in [6, 6.07) is 21.3. The van der Waals surface area contributed by atoms with E-state index in [2.05, 4.69) is 22.4 Å². The molecule has 28 heavy (non-hydrogen) atoms. The summed E-state index contributed by atoms with van der Waals surface area (Å²) >= 11 is 0. The van der Waals surface area contributed by atoms with Crippen molar-refractivity contribution in [2.75, 3.05) is 25.5 Å². The van der Waals surface area contributed by atoms with Gasteiger partial charge in [0.15, 0.2) is 0 Å². The van der Waals surface area contributed by atoms with Gasteiger partial charge < -0.3 is 15.0 Å². The topological polar surface area (TPSA) is 54.5 Å². The molecule has 0 fully saturated rings. The second-order valence-corrected chi connectivity index (χ2v) is 6.51. The molecule has 5 nitrogen and oxygen atoms in total. The highest BCUT2D eigenvalue weighted by Gasteiger charge is 2.16. The van der Waals surface area contributed by atoms with Gasteiger partial charge in [-0.2, -0.15) is 0 Å². The molecule has 1 atom stereocenters. The Balaban J connectivity index is 1.78. The highest BCUT2D eigenvalue weighted by molar-refractivity contribution is 6.05. The van der Waals surface area contributed by atoms with Crippen molar-refractivity contribution in [3.63, 3.8) is 0 Å². The van der Waals surface area contributed by atoms with E-state index in [4.69, 9.17) is 4.74 Å². The van der Waals surface area contributed by atoms with Crippen LogP contribution in [0.15, 0.2) is 79.1 Å². The standard InChI is InChI=1S/C23H25N3O2/c1-24-15-13-22(18-8-4-3-5-9-18)28-21-12-6-11-20(16-21)26(2)23(27)19-10-7-14-25-17-19/h3-12,14,16-17,22,24H,13,15H2,1-2H3. The number of amides is 1. The summed E-state index contributed by atoms with van der Waals surface area (Å²) in [6.45, 7) is 0.846. The van der Waals surface area contributed by atoms with Crippen LogP contribution in [-0.4, -0.2) is 31.5 Å². The van der Waals surface area contributed by atoms with Crippen molar-refractivity contribution >= 4 is 11.6 Å². The van der Waals surface area contributed by atoms with Crippen LogP contribution in [0.1, 0.15) is 28.4 Å². The highest BCUT2D eigenvalue weighted by atomic mass is 16.5. The third-order valence-electron chi connectivity index (χ3n) is 4.52. The fourth-order valence-corrected chi connectivity index (χ4v) is 2.97. The third-order valence-corrected chi connectivity index (χ3v) is 4.52. The fraction of sp³-hybridized carbons (Fsp3) is 0.217. The maximum absolute atomic E-state index is 12.7. The molecule has 3 rings (SSSR count). The Labute approximate surface area is 166 Å². The first-order chi connectivity index (χ1) is 13.7. The lowest BCUT2D eigenvalue weighted by Crippen LogP contribution is -2.26. The van der Waals surface area contributed by atoms with Gasteiger partial charge >= 0.3 is 0 Å². The minimum atomic E-state index is -0.111. The van der Waals surface area contributed by atoms with Gasteiger partial charge in [-0.05, 0) is 43.4 Å². The van der Waals surface area contributed by atoms with Gasteiger partial charge in [0.1, 0.15) is 11.9 Å². The first-order valence-corrected chi connectivity index (χ1v) is 9.33. The minimum absolute atomic E-state index is 0.0665. The van der Waals surface area contributed by atoms with Crippen LogP contribution >= 0.6 is 0 Å². The zero-order chi connectivity index (χ0) is 19.8. The van der Waals surface area contributed by atoms with Gasteiger partial charge in [0, 0.05) is 37.6 Å². The molecule has 1 N–H and O–H groups in total. The number of anilines is 1. The first kappa shape index (κ1) is 19.6. The number of hydrogen-bond acceptors (Lipinski definition) is 4. The second-order valence-electron chi connectivity index (χ2n) is 6.51. The number of rotatable bonds is 8. The summed E-state index contributed by atoms with van der Waals surface area (Å²) in [5.74, 6) is 0.619. The van der Waals surface area contributed by atoms with E-state index in [1.165, 1.54) is 0 Å². The van der Waals surface area contributed by atoms with E-state index in [1.807, 2.05) is 49.5 Å². The molecule has 0 aliphatic rings. The molecule has 1 unspecified atom stereocenters. The van der Waals surface area contributed by atoms with E-state index in [0.29, 0.717) is 5.56 Å². The molecule has 1 heterocycles. The molecule has 0 aliphatic carbocycles. The lowest BCUT2D eigenvalue weighted by molar-refractivity contribution is 0.0992. The largest absolute Gasteiger partial charge is 0.486 e. The van der Waals surface area contributed by atoms with Crippen LogP contribution in [0.25, 0.3) is 0 Å². The summed E-state index contributed by atoms with van der Waals surface area (Å²) in [4.78, 5) is 18.3. The predicted octanol–water partition coefficient (Wildman–Crippen LogP) is 4.09. The van der Waals surface area contributed by atoms with Crippen molar-refractivity contribution in [2.45, 2.75) is 12.5 Å². The summed E-state index contributed by atoms with van der Waals surface area (Å²) in [5.41, 5.74) is 2.45. The van der Waals surface area contributed by atoms with Crippen LogP contribution < -0.4 is 15.0 Å². The molecule has 0 aliphatic heterocycles. The summed E-state index contributed by atoms with van der Waals surface area (Å²) in [7, 11) is 3.69. The third kappa shape index (κ3) is 4.96. The number of pyridine rings is 1. The van der Waals surface area contributed by atoms with Crippen molar-refractivity contribution in [2.24, 2.45) is 0 Å². The van der Waals surface area contributed by atoms with Crippen molar-refractivity contribution in [1.29, 1.82) is 0 Å². The van der Waals surface area contributed by atoms with Gasteiger partial charge in [0.25, 0.3) is 5.91 Å². The van der Waals surface area contributed by atoms with E-state index in [1.54, 1.807) is 36.5 Å². The van der Waals surface area contributed by atoms with E-state index < -0.39 is 0 Å². The van der Waals surface area contributed by atoms with Crippen molar-refractivity contribution in [3.05, 3.63) is 90.3 Å². The van der Waals surface area contributed by atoms with E-state index >= 15 is 0 Å². The van der Waals surface area contributed by atoms with Gasteiger partial charge in [0.2, 0.25) is 0 Å². The molecular weight excluding hydrogens is 350 g/mol. The molecule has 1 aromatic heterocycles. The second kappa shape index (κ2) is 9.67. The van der Waals surface area contributed by atoms with Crippen LogP contribution in [0.5, 0.6) is 5.75 Å². The number of carbonyl (C=O) groups excluding carboxylic acids is 1. The van der Waals surface area contributed by atoms with Gasteiger partial charge in [-0.1, -0.05) is 36.4 Å². The molecule has 0 radical (unpaired) electrons. The molecular formula is C23H25N3O2. The average Bonchev–Trinajstić information content (AvgIpc) is 2.77. The predicted molar refractivity (Wildman–Crippen MR) is 112 cm³/mol. The Morgan fingerprint density at radius 1 is 1.11 bits per heavy atom. The van der Waals surface area contributed by atoms with Crippen LogP contribution in [0, 0.1) is 0 Å². The van der Waals surface area contributed by atoms with Gasteiger partial charge in [-0.25, -0.2) is 0 Å². The normalized spacial score (nSPS) is 11.6. The minimum Gasteiger partial charge on any atom is -0.486 e. The average molecular weight is 375 g/mol. The van der Waals surface area contributed by atoms with Gasteiger partial charge in [0.05, 0.1) is 5.56 Å². The van der Waals surface area contributed by atoms with E-state index in [0.717, 1.165) is 30.0 Å². The molecule has 144 valence electrons. The van der Waals surface area contributed by atoms with Crippen LogP contribution in [0.2, 0.25) is 0 Å². The Morgan fingerprint density at radius 3 is 2.64 bits per heavy atom. The number of ether oxygens (including phenoxy) is 1. The summed E-state index contributed by atoms with van der Waals surface area (Å²) in [5, 5.41) is 3.18. The highest BCUT2D eigenvalue weighted by Crippen LogP contribution is 2.28. The zero-order valence-electron chi connectivity index (χ0n) is 16.2. The van der Waals surface area contributed by atoms with Crippen LogP contribution in [0.4, 0.5) is 5.69 Å². The monoisotopic (exact) mass is 375 g/mol. The Hall–Kier alpha value is -3.18. The number of nitrogens with zero attached hydrogens (tertiary/aromatic N) is 2. The molecule has 2 aromatic carbocycles. The van der Waals surface area contributed by atoms with Gasteiger partial charge in [-0.3, -0.25) is 9.78 Å². The SMILES string of the molecule is CNCCC(Oc1cccc(N(C)C(=O)c2cccnc2)c1)c1ccccc1. The molecule has 0 spiro atoms. The van der Waals surface area contributed by atoms with Crippen LogP contribution in [0.3, 0.4) is 0 Å². The Bertz CT molecular complexity index is 885. The fourth-order valence-electron chi connectivity index (χ4n) is 2.97.